The second-order valence-electron chi connectivity index (χ2n) is 23.4. The molecular weight excluding hydrogens is 949 g/mol. The average molecular weight is 1080 g/mol. The lowest BCUT2D eigenvalue weighted by Gasteiger charge is -2.18. The SMILES string of the molecule is CCCCCCC/C=C\C/C=C\CCCCCCCCCCCCCCCCCC(=O)OCC(COC(=O)CCCCCCCCCCCCCCC)OC(=O)CCCCCCCCCCC/C=C\CCCCCCCC. The summed E-state index contributed by atoms with van der Waals surface area (Å²) in [4.78, 5) is 38.4. The summed E-state index contributed by atoms with van der Waals surface area (Å²) in [6.45, 7) is 6.69. The maximum atomic E-state index is 12.9. The van der Waals surface area contributed by atoms with Gasteiger partial charge in [0.1, 0.15) is 13.2 Å². The van der Waals surface area contributed by atoms with Crippen LogP contribution in [0.4, 0.5) is 0 Å². The smallest absolute Gasteiger partial charge is 0.306 e. The molecule has 0 aromatic rings. The fraction of sp³-hybridized carbons (Fsp3) is 0.873. The molecule has 0 aliphatic carbocycles. The second-order valence-corrected chi connectivity index (χ2v) is 23.4. The lowest BCUT2D eigenvalue weighted by atomic mass is 10.0. The number of carbonyl (C=O) groups excluding carboxylic acids is 3. The van der Waals surface area contributed by atoms with Crippen LogP contribution in [0.1, 0.15) is 380 Å². The standard InChI is InChI=1S/C71H132O6/c1-4-7-10-13-16-19-22-25-27-29-31-32-33-34-35-36-37-38-40-41-43-46-49-52-55-58-61-64-70(73)76-67-68(66-75-69(72)63-60-57-54-51-48-45-24-21-18-15-12-9-6-3)77-71(74)65-62-59-56-53-50-47-44-42-39-30-28-26-23-20-17-14-11-8-5-2/h22,25-26,28-29,31,68H,4-21,23-24,27,30,32-67H2,1-3H3/b25-22-,28-26-,31-29-. The summed E-state index contributed by atoms with van der Waals surface area (Å²) in [5, 5.41) is 0. The number of esters is 3. The predicted octanol–water partition coefficient (Wildman–Crippen LogP) is 23.6. The molecule has 0 heterocycles. The van der Waals surface area contributed by atoms with Crippen LogP contribution in [0.5, 0.6) is 0 Å². The second kappa shape index (κ2) is 66.1. The Labute approximate surface area is 480 Å². The number of ether oxygens (including phenoxy) is 3. The molecule has 0 saturated heterocycles. The van der Waals surface area contributed by atoms with E-state index in [1.807, 2.05) is 0 Å². The first kappa shape index (κ1) is 74.6. The molecule has 0 aliphatic rings. The molecular formula is C71H132O6. The summed E-state index contributed by atoms with van der Waals surface area (Å²) in [6.07, 6.45) is 81.6. The minimum atomic E-state index is -0.771. The van der Waals surface area contributed by atoms with Gasteiger partial charge in [-0.05, 0) is 77.0 Å². The third-order valence-corrected chi connectivity index (χ3v) is 15.6. The van der Waals surface area contributed by atoms with Crippen LogP contribution >= 0.6 is 0 Å². The summed E-state index contributed by atoms with van der Waals surface area (Å²) in [5.41, 5.74) is 0. The molecule has 0 aliphatic heterocycles. The highest BCUT2D eigenvalue weighted by Crippen LogP contribution is 2.18. The summed E-state index contributed by atoms with van der Waals surface area (Å²) in [6, 6.07) is 0. The molecule has 1 unspecified atom stereocenters. The summed E-state index contributed by atoms with van der Waals surface area (Å²) in [5.74, 6) is -0.842. The van der Waals surface area contributed by atoms with Gasteiger partial charge in [0.25, 0.3) is 0 Å². The maximum absolute atomic E-state index is 12.9. The van der Waals surface area contributed by atoms with E-state index in [1.165, 1.54) is 276 Å². The lowest BCUT2D eigenvalue weighted by Crippen LogP contribution is -2.30. The van der Waals surface area contributed by atoms with Gasteiger partial charge in [0.05, 0.1) is 0 Å². The van der Waals surface area contributed by atoms with Crippen LogP contribution in [0.3, 0.4) is 0 Å². The molecule has 0 aromatic carbocycles. The van der Waals surface area contributed by atoms with Crippen molar-refractivity contribution in [1.82, 2.24) is 0 Å². The molecule has 6 nitrogen and oxygen atoms in total. The van der Waals surface area contributed by atoms with E-state index in [1.54, 1.807) is 0 Å². The van der Waals surface area contributed by atoms with Crippen LogP contribution in [-0.2, 0) is 28.6 Å². The lowest BCUT2D eigenvalue weighted by molar-refractivity contribution is -0.167. The van der Waals surface area contributed by atoms with Crippen molar-refractivity contribution >= 4 is 17.9 Å². The van der Waals surface area contributed by atoms with Gasteiger partial charge in [0.2, 0.25) is 0 Å². The van der Waals surface area contributed by atoms with Crippen LogP contribution in [0, 0.1) is 0 Å². The van der Waals surface area contributed by atoms with Gasteiger partial charge in [-0.3, -0.25) is 14.4 Å². The molecule has 77 heavy (non-hydrogen) atoms. The van der Waals surface area contributed by atoms with E-state index in [2.05, 4.69) is 57.2 Å². The molecule has 0 radical (unpaired) electrons. The van der Waals surface area contributed by atoms with Crippen molar-refractivity contribution in [3.63, 3.8) is 0 Å². The minimum absolute atomic E-state index is 0.0674. The van der Waals surface area contributed by atoms with Crippen LogP contribution in [-0.4, -0.2) is 37.2 Å². The van der Waals surface area contributed by atoms with Crippen molar-refractivity contribution in [3.05, 3.63) is 36.5 Å². The van der Waals surface area contributed by atoms with Crippen LogP contribution in [0.15, 0.2) is 36.5 Å². The molecule has 1 atom stereocenters. The number of rotatable bonds is 64. The third-order valence-electron chi connectivity index (χ3n) is 15.6. The van der Waals surface area contributed by atoms with E-state index < -0.39 is 6.10 Å². The Kier molecular flexibility index (Phi) is 64.1. The van der Waals surface area contributed by atoms with Crippen molar-refractivity contribution in [2.24, 2.45) is 0 Å². The molecule has 452 valence electrons. The molecule has 0 fully saturated rings. The number of unbranched alkanes of at least 4 members (excludes halogenated alkanes) is 47. The van der Waals surface area contributed by atoms with Gasteiger partial charge in [0.15, 0.2) is 6.10 Å². The average Bonchev–Trinajstić information content (AvgIpc) is 3.43. The van der Waals surface area contributed by atoms with Gasteiger partial charge < -0.3 is 14.2 Å². The monoisotopic (exact) mass is 1080 g/mol. The summed E-state index contributed by atoms with van der Waals surface area (Å²) < 4.78 is 17.0. The van der Waals surface area contributed by atoms with Crippen molar-refractivity contribution in [3.8, 4) is 0 Å². The highest BCUT2D eigenvalue weighted by molar-refractivity contribution is 5.71. The van der Waals surface area contributed by atoms with E-state index in [4.69, 9.17) is 14.2 Å². The number of allylic oxidation sites excluding steroid dienone is 6. The van der Waals surface area contributed by atoms with Gasteiger partial charge in [0, 0.05) is 19.3 Å². The van der Waals surface area contributed by atoms with Crippen LogP contribution < -0.4 is 0 Å². The van der Waals surface area contributed by atoms with E-state index in [-0.39, 0.29) is 31.1 Å². The number of hydrogen-bond donors (Lipinski definition) is 0. The van der Waals surface area contributed by atoms with E-state index >= 15 is 0 Å². The highest BCUT2D eigenvalue weighted by atomic mass is 16.6. The van der Waals surface area contributed by atoms with Crippen LogP contribution in [0.25, 0.3) is 0 Å². The zero-order valence-electron chi connectivity index (χ0n) is 52.0. The van der Waals surface area contributed by atoms with Gasteiger partial charge in [-0.2, -0.15) is 0 Å². The molecule has 6 heteroatoms. The fourth-order valence-corrected chi connectivity index (χ4v) is 10.4. The topological polar surface area (TPSA) is 78.9 Å². The Bertz CT molecular complexity index is 1290. The maximum Gasteiger partial charge on any atom is 0.306 e. The molecule has 0 spiro atoms. The molecule has 0 aromatic heterocycles. The number of carbonyl (C=O) groups is 3. The van der Waals surface area contributed by atoms with Crippen molar-refractivity contribution in [2.75, 3.05) is 13.2 Å². The Morgan fingerprint density at radius 1 is 0.260 bits per heavy atom. The van der Waals surface area contributed by atoms with Crippen molar-refractivity contribution in [1.29, 1.82) is 0 Å². The Morgan fingerprint density at radius 3 is 0.727 bits per heavy atom. The molecule has 0 N–H and O–H groups in total. The summed E-state index contributed by atoms with van der Waals surface area (Å²) >= 11 is 0. The third kappa shape index (κ3) is 64.3. The van der Waals surface area contributed by atoms with E-state index in [9.17, 15) is 14.4 Å². The zero-order valence-corrected chi connectivity index (χ0v) is 52.0. The quantitative estimate of drug-likeness (QED) is 0.0261. The summed E-state index contributed by atoms with van der Waals surface area (Å²) in [7, 11) is 0. The molecule has 0 amide bonds. The molecule has 0 rings (SSSR count). The van der Waals surface area contributed by atoms with Gasteiger partial charge in [-0.1, -0.05) is 320 Å². The highest BCUT2D eigenvalue weighted by Gasteiger charge is 2.19. The molecule has 0 saturated carbocycles. The predicted molar refractivity (Wildman–Crippen MR) is 335 cm³/mol. The van der Waals surface area contributed by atoms with E-state index in [0.29, 0.717) is 19.3 Å². The minimum Gasteiger partial charge on any atom is -0.462 e. The van der Waals surface area contributed by atoms with Gasteiger partial charge in [-0.15, -0.1) is 0 Å². The fourth-order valence-electron chi connectivity index (χ4n) is 10.4. The largest absolute Gasteiger partial charge is 0.462 e. The van der Waals surface area contributed by atoms with Crippen LogP contribution in [0.2, 0.25) is 0 Å². The number of hydrogen-bond acceptors (Lipinski definition) is 6. The van der Waals surface area contributed by atoms with Crippen molar-refractivity contribution < 1.29 is 28.6 Å². The zero-order chi connectivity index (χ0) is 55.7. The van der Waals surface area contributed by atoms with E-state index in [0.717, 1.165) is 64.2 Å². The van der Waals surface area contributed by atoms with Gasteiger partial charge in [-0.25, -0.2) is 0 Å². The first-order chi connectivity index (χ1) is 38.0. The first-order valence-electron chi connectivity index (χ1n) is 34.5. The van der Waals surface area contributed by atoms with Gasteiger partial charge >= 0.3 is 17.9 Å². The Balaban J connectivity index is 4.22. The van der Waals surface area contributed by atoms with Crippen molar-refractivity contribution in [2.45, 2.75) is 386 Å². The Hall–Kier alpha value is -2.37. The first-order valence-corrected chi connectivity index (χ1v) is 34.5. The Morgan fingerprint density at radius 2 is 0.468 bits per heavy atom. The normalized spacial score (nSPS) is 12.2. The molecule has 0 bridgehead atoms.